The summed E-state index contributed by atoms with van der Waals surface area (Å²) in [6, 6.07) is 9.18. The van der Waals surface area contributed by atoms with E-state index in [-0.39, 0.29) is 6.61 Å². The van der Waals surface area contributed by atoms with Gasteiger partial charge in [0.25, 0.3) is 0 Å². The Morgan fingerprint density at radius 3 is 2.22 bits per heavy atom. The lowest BCUT2D eigenvalue weighted by Gasteiger charge is -2.39. The number of nitrogens with zero attached hydrogens (tertiary/aromatic N) is 1. The van der Waals surface area contributed by atoms with Crippen molar-refractivity contribution in [3.8, 4) is 0 Å². The molecule has 0 radical (unpaired) electrons. The van der Waals surface area contributed by atoms with Crippen LogP contribution in [0.25, 0.3) is 0 Å². The molecule has 0 spiro atoms. The molecule has 1 atom stereocenters. The first kappa shape index (κ1) is 14.5. The Bertz CT molecular complexity index is 384. The lowest BCUT2D eigenvalue weighted by atomic mass is 9.99. The van der Waals surface area contributed by atoms with E-state index in [1.807, 2.05) is 51.1 Å². The van der Waals surface area contributed by atoms with Crippen LogP contribution < -0.4 is 0 Å². The quantitative estimate of drug-likeness (QED) is 0.863. The lowest BCUT2D eigenvalue weighted by Crippen LogP contribution is -2.53. The molecular formula is C14H21NO3. The number of benzene rings is 1. The van der Waals surface area contributed by atoms with Crippen LogP contribution in [0.1, 0.15) is 26.3 Å². The predicted octanol–water partition coefficient (Wildman–Crippen LogP) is 2.37. The van der Waals surface area contributed by atoms with Gasteiger partial charge in [0.05, 0.1) is 12.6 Å². The fraction of sp³-hybridized carbons (Fsp3) is 0.500. The molecule has 1 rings (SSSR count). The predicted molar refractivity (Wildman–Crippen MR) is 70.6 cm³/mol. The van der Waals surface area contributed by atoms with Crippen molar-refractivity contribution in [2.75, 3.05) is 6.61 Å². The molecule has 0 aliphatic rings. The normalized spacial score (nSPS) is 13.1. The van der Waals surface area contributed by atoms with Crippen LogP contribution >= 0.6 is 0 Å². The van der Waals surface area contributed by atoms with Crippen molar-refractivity contribution in [1.82, 2.24) is 4.90 Å². The summed E-state index contributed by atoms with van der Waals surface area (Å²) in [6.07, 6.45) is -0.488. The van der Waals surface area contributed by atoms with Gasteiger partial charge in [0.1, 0.15) is 0 Å². The molecule has 4 heteroatoms. The van der Waals surface area contributed by atoms with Crippen LogP contribution in [-0.4, -0.2) is 39.4 Å². The van der Waals surface area contributed by atoms with Crippen molar-refractivity contribution in [2.24, 2.45) is 0 Å². The third-order valence-electron chi connectivity index (χ3n) is 2.82. The van der Waals surface area contributed by atoms with Gasteiger partial charge in [-0.3, -0.25) is 4.90 Å². The molecule has 18 heavy (non-hydrogen) atoms. The van der Waals surface area contributed by atoms with Crippen molar-refractivity contribution in [3.63, 3.8) is 0 Å². The van der Waals surface area contributed by atoms with Gasteiger partial charge >= 0.3 is 6.09 Å². The summed E-state index contributed by atoms with van der Waals surface area (Å²) < 4.78 is 0. The van der Waals surface area contributed by atoms with E-state index in [1.54, 1.807) is 0 Å². The molecular weight excluding hydrogens is 230 g/mol. The molecule has 0 aliphatic carbocycles. The molecule has 0 heterocycles. The fourth-order valence-corrected chi connectivity index (χ4v) is 2.11. The van der Waals surface area contributed by atoms with Crippen LogP contribution in [-0.2, 0) is 6.42 Å². The molecule has 100 valence electrons. The third kappa shape index (κ3) is 3.74. The second-order valence-electron chi connectivity index (χ2n) is 5.35. The molecule has 0 bridgehead atoms. The van der Waals surface area contributed by atoms with Crippen molar-refractivity contribution in [1.29, 1.82) is 0 Å². The zero-order chi connectivity index (χ0) is 13.8. The average molecular weight is 251 g/mol. The highest BCUT2D eigenvalue weighted by molar-refractivity contribution is 5.66. The van der Waals surface area contributed by atoms with Gasteiger partial charge in [0, 0.05) is 5.54 Å². The zero-order valence-corrected chi connectivity index (χ0v) is 11.1. The van der Waals surface area contributed by atoms with Gasteiger partial charge in [-0.05, 0) is 32.8 Å². The summed E-state index contributed by atoms with van der Waals surface area (Å²) in [5, 5.41) is 18.8. The van der Waals surface area contributed by atoms with Crippen LogP contribution in [0.4, 0.5) is 4.79 Å². The molecule has 1 aromatic carbocycles. The van der Waals surface area contributed by atoms with E-state index in [0.29, 0.717) is 6.42 Å². The molecule has 0 saturated heterocycles. The maximum atomic E-state index is 11.4. The molecule has 0 saturated carbocycles. The smallest absolute Gasteiger partial charge is 0.408 e. The first-order valence-electron chi connectivity index (χ1n) is 6.03. The standard InChI is InChI=1S/C14H21NO3/c1-14(2,3)15(13(17)18)12(10-16)9-11-7-5-4-6-8-11/h4-8,12,16H,9-10H2,1-3H3,(H,17,18)/t12-/m0/s1. The van der Waals surface area contributed by atoms with E-state index in [2.05, 4.69) is 0 Å². The first-order valence-corrected chi connectivity index (χ1v) is 6.03. The summed E-state index contributed by atoms with van der Waals surface area (Å²) in [6.45, 7) is 5.30. The van der Waals surface area contributed by atoms with E-state index in [9.17, 15) is 15.0 Å². The maximum absolute atomic E-state index is 11.4. The van der Waals surface area contributed by atoms with Gasteiger partial charge in [-0.15, -0.1) is 0 Å². The molecule has 1 amide bonds. The van der Waals surface area contributed by atoms with Crippen molar-refractivity contribution < 1.29 is 15.0 Å². The van der Waals surface area contributed by atoms with E-state index < -0.39 is 17.7 Å². The highest BCUT2D eigenvalue weighted by Gasteiger charge is 2.32. The molecule has 0 unspecified atom stereocenters. The summed E-state index contributed by atoms with van der Waals surface area (Å²) in [7, 11) is 0. The minimum atomic E-state index is -1.00. The molecule has 0 aromatic heterocycles. The maximum Gasteiger partial charge on any atom is 0.408 e. The number of carbonyl (C=O) groups is 1. The Hall–Kier alpha value is -1.55. The monoisotopic (exact) mass is 251 g/mol. The fourth-order valence-electron chi connectivity index (χ4n) is 2.11. The van der Waals surface area contributed by atoms with Gasteiger partial charge < -0.3 is 10.2 Å². The van der Waals surface area contributed by atoms with Crippen molar-refractivity contribution >= 4 is 6.09 Å². The number of aliphatic hydroxyl groups excluding tert-OH is 1. The zero-order valence-electron chi connectivity index (χ0n) is 11.1. The molecule has 1 aromatic rings. The lowest BCUT2D eigenvalue weighted by molar-refractivity contribution is 0.0465. The second kappa shape index (κ2) is 5.87. The minimum absolute atomic E-state index is 0.182. The van der Waals surface area contributed by atoms with Gasteiger partial charge in [-0.25, -0.2) is 4.79 Å². The summed E-state index contributed by atoms with van der Waals surface area (Å²) >= 11 is 0. The number of aliphatic hydroxyl groups is 1. The molecule has 0 aliphatic heterocycles. The average Bonchev–Trinajstić information content (AvgIpc) is 2.27. The minimum Gasteiger partial charge on any atom is -0.465 e. The van der Waals surface area contributed by atoms with E-state index >= 15 is 0 Å². The topological polar surface area (TPSA) is 60.8 Å². The highest BCUT2D eigenvalue weighted by atomic mass is 16.4. The van der Waals surface area contributed by atoms with Gasteiger partial charge in [0.2, 0.25) is 0 Å². The summed E-state index contributed by atoms with van der Waals surface area (Å²) in [5.74, 6) is 0. The highest BCUT2D eigenvalue weighted by Crippen LogP contribution is 2.20. The van der Waals surface area contributed by atoms with Crippen LogP contribution in [0.2, 0.25) is 0 Å². The number of amides is 1. The van der Waals surface area contributed by atoms with Crippen LogP contribution in [0, 0.1) is 0 Å². The first-order chi connectivity index (χ1) is 8.36. The number of carboxylic acid groups (broad SMARTS) is 1. The van der Waals surface area contributed by atoms with Crippen molar-refractivity contribution in [3.05, 3.63) is 35.9 Å². The van der Waals surface area contributed by atoms with Gasteiger partial charge in [0.15, 0.2) is 0 Å². The largest absolute Gasteiger partial charge is 0.465 e. The van der Waals surface area contributed by atoms with Crippen LogP contribution in [0.3, 0.4) is 0 Å². The molecule has 4 nitrogen and oxygen atoms in total. The van der Waals surface area contributed by atoms with E-state index in [1.165, 1.54) is 4.90 Å². The van der Waals surface area contributed by atoms with Gasteiger partial charge in [-0.2, -0.15) is 0 Å². The molecule has 2 N–H and O–H groups in total. The Balaban J connectivity index is 2.90. The Morgan fingerprint density at radius 1 is 1.28 bits per heavy atom. The Labute approximate surface area is 108 Å². The van der Waals surface area contributed by atoms with Crippen LogP contribution in [0.5, 0.6) is 0 Å². The SMILES string of the molecule is CC(C)(C)N(C(=O)O)[C@H](CO)Cc1ccccc1. The summed E-state index contributed by atoms with van der Waals surface area (Å²) in [5.41, 5.74) is 0.487. The van der Waals surface area contributed by atoms with Crippen LogP contribution in [0.15, 0.2) is 30.3 Å². The third-order valence-corrected chi connectivity index (χ3v) is 2.82. The number of hydrogen-bond acceptors (Lipinski definition) is 2. The Kier molecular flexibility index (Phi) is 4.73. The second-order valence-corrected chi connectivity index (χ2v) is 5.35. The number of hydrogen-bond donors (Lipinski definition) is 2. The van der Waals surface area contributed by atoms with Crippen molar-refractivity contribution in [2.45, 2.75) is 38.8 Å². The van der Waals surface area contributed by atoms with E-state index in [0.717, 1.165) is 5.56 Å². The summed E-state index contributed by atoms with van der Waals surface area (Å²) in [4.78, 5) is 12.7. The number of rotatable bonds is 4. The Morgan fingerprint density at radius 2 is 1.83 bits per heavy atom. The van der Waals surface area contributed by atoms with E-state index in [4.69, 9.17) is 0 Å². The molecule has 0 fully saturated rings. The van der Waals surface area contributed by atoms with Gasteiger partial charge in [-0.1, -0.05) is 30.3 Å².